The van der Waals surface area contributed by atoms with Gasteiger partial charge in [-0.05, 0) is 46.7 Å². The number of carbonyl (C=O) groups is 2. The van der Waals surface area contributed by atoms with Gasteiger partial charge in [-0.15, -0.1) is 0 Å². The van der Waals surface area contributed by atoms with E-state index in [1.807, 2.05) is 36.4 Å². The van der Waals surface area contributed by atoms with Crippen molar-refractivity contribution >= 4 is 17.7 Å². The number of hydrogen-bond acceptors (Lipinski definition) is 5. The maximum Gasteiger partial charge on any atom is 0.407 e. The average Bonchev–Trinajstić information content (AvgIpc) is 3.20. The first-order valence-electron chi connectivity index (χ1n) is 11.6. The summed E-state index contributed by atoms with van der Waals surface area (Å²) in [6.07, 6.45) is -0.0442. The summed E-state index contributed by atoms with van der Waals surface area (Å²) < 4.78 is 5.55. The van der Waals surface area contributed by atoms with Gasteiger partial charge < -0.3 is 15.0 Å². The molecule has 8 heteroatoms. The molecule has 0 saturated carbocycles. The maximum absolute atomic E-state index is 13.0. The van der Waals surface area contributed by atoms with E-state index in [-0.39, 0.29) is 30.7 Å². The summed E-state index contributed by atoms with van der Waals surface area (Å²) in [5, 5.41) is 13.7. The second-order valence-corrected chi connectivity index (χ2v) is 8.91. The molecular weight excluding hydrogens is 446 g/mol. The molecule has 1 heterocycles. The van der Waals surface area contributed by atoms with E-state index in [0.717, 1.165) is 33.4 Å². The summed E-state index contributed by atoms with van der Waals surface area (Å²) in [5.74, 6) is -0.316. The average molecular weight is 472 g/mol. The zero-order valence-electron chi connectivity index (χ0n) is 19.3. The Hall–Kier alpha value is -4.20. The molecule has 1 aliphatic carbocycles. The normalized spacial score (nSPS) is 14.9. The second-order valence-electron chi connectivity index (χ2n) is 8.91. The summed E-state index contributed by atoms with van der Waals surface area (Å²) >= 11 is 0. The number of non-ortho nitro benzene ring substituents is 1. The SMILES string of the molecule is CC(NC(=O)OCC1c2ccccc2-c2ccccc21)C(=O)N1CCc2ccc([N+](=O)[O-])cc2C1. The summed E-state index contributed by atoms with van der Waals surface area (Å²) in [5.41, 5.74) is 6.28. The molecule has 3 aromatic rings. The molecule has 5 rings (SSSR count). The van der Waals surface area contributed by atoms with Crippen molar-refractivity contribution in [3.8, 4) is 11.1 Å². The van der Waals surface area contributed by atoms with Gasteiger partial charge in [-0.25, -0.2) is 4.79 Å². The minimum Gasteiger partial charge on any atom is -0.449 e. The Kier molecular flexibility index (Phi) is 5.94. The fourth-order valence-electron chi connectivity index (χ4n) is 5.00. The van der Waals surface area contributed by atoms with Crippen molar-refractivity contribution in [1.29, 1.82) is 0 Å². The Bertz CT molecular complexity index is 1280. The van der Waals surface area contributed by atoms with E-state index in [2.05, 4.69) is 17.4 Å². The molecule has 0 radical (unpaired) electrons. The molecule has 8 nitrogen and oxygen atoms in total. The van der Waals surface area contributed by atoms with Gasteiger partial charge in [0.25, 0.3) is 5.69 Å². The van der Waals surface area contributed by atoms with Crippen LogP contribution in [-0.4, -0.2) is 41.0 Å². The second kappa shape index (κ2) is 9.21. The van der Waals surface area contributed by atoms with Crippen LogP contribution in [0.15, 0.2) is 66.7 Å². The van der Waals surface area contributed by atoms with Crippen molar-refractivity contribution in [2.45, 2.75) is 31.8 Å². The lowest BCUT2D eigenvalue weighted by atomic mass is 9.98. The molecular formula is C27H25N3O5. The van der Waals surface area contributed by atoms with Crippen LogP contribution in [0.2, 0.25) is 0 Å². The Morgan fingerprint density at radius 3 is 2.37 bits per heavy atom. The number of nitro groups is 1. The monoisotopic (exact) mass is 471 g/mol. The fourth-order valence-corrected chi connectivity index (χ4v) is 5.00. The first-order valence-corrected chi connectivity index (χ1v) is 11.6. The number of nitrogens with zero attached hydrogens (tertiary/aromatic N) is 2. The molecule has 0 bridgehead atoms. The minimum atomic E-state index is -0.786. The van der Waals surface area contributed by atoms with E-state index in [4.69, 9.17) is 4.74 Å². The number of alkyl carbamates (subject to hydrolysis) is 1. The van der Waals surface area contributed by atoms with Crippen LogP contribution in [0.25, 0.3) is 11.1 Å². The number of nitrogens with one attached hydrogen (secondary N) is 1. The third kappa shape index (κ3) is 4.35. The summed E-state index contributed by atoms with van der Waals surface area (Å²) in [7, 11) is 0. The van der Waals surface area contributed by atoms with E-state index in [0.29, 0.717) is 13.0 Å². The Morgan fingerprint density at radius 2 is 1.71 bits per heavy atom. The molecule has 0 aromatic heterocycles. The number of rotatable bonds is 5. The van der Waals surface area contributed by atoms with Gasteiger partial charge in [0.2, 0.25) is 5.91 Å². The van der Waals surface area contributed by atoms with Crippen molar-refractivity contribution in [3.05, 3.63) is 99.1 Å². The van der Waals surface area contributed by atoms with Crippen molar-refractivity contribution in [2.75, 3.05) is 13.2 Å². The van der Waals surface area contributed by atoms with E-state index in [1.54, 1.807) is 17.9 Å². The number of fused-ring (bicyclic) bond motifs is 4. The molecule has 1 atom stereocenters. The van der Waals surface area contributed by atoms with Crippen LogP contribution in [0.1, 0.15) is 35.1 Å². The van der Waals surface area contributed by atoms with Crippen LogP contribution in [0, 0.1) is 10.1 Å². The fraction of sp³-hybridized carbons (Fsp3) is 0.259. The molecule has 35 heavy (non-hydrogen) atoms. The van der Waals surface area contributed by atoms with E-state index >= 15 is 0 Å². The van der Waals surface area contributed by atoms with Crippen LogP contribution in [-0.2, 0) is 22.5 Å². The highest BCUT2D eigenvalue weighted by Crippen LogP contribution is 2.44. The van der Waals surface area contributed by atoms with Crippen molar-refractivity contribution in [1.82, 2.24) is 10.2 Å². The lowest BCUT2D eigenvalue weighted by molar-refractivity contribution is -0.385. The van der Waals surface area contributed by atoms with Crippen molar-refractivity contribution in [2.24, 2.45) is 0 Å². The molecule has 3 aromatic carbocycles. The summed E-state index contributed by atoms with van der Waals surface area (Å²) in [6, 6.07) is 20.1. The molecule has 0 saturated heterocycles. The van der Waals surface area contributed by atoms with E-state index in [9.17, 15) is 19.7 Å². The van der Waals surface area contributed by atoms with Crippen LogP contribution in [0.5, 0.6) is 0 Å². The Balaban J connectivity index is 1.20. The predicted molar refractivity (Wildman–Crippen MR) is 130 cm³/mol. The predicted octanol–water partition coefficient (Wildman–Crippen LogP) is 4.41. The van der Waals surface area contributed by atoms with Gasteiger partial charge in [0, 0.05) is 31.1 Å². The molecule has 0 spiro atoms. The zero-order chi connectivity index (χ0) is 24.5. The van der Waals surface area contributed by atoms with Gasteiger partial charge >= 0.3 is 6.09 Å². The molecule has 0 fully saturated rings. The molecule has 2 aliphatic rings. The lowest BCUT2D eigenvalue weighted by Crippen LogP contribution is -2.48. The molecule has 1 N–H and O–H groups in total. The van der Waals surface area contributed by atoms with Crippen LogP contribution in [0.4, 0.5) is 10.5 Å². The molecule has 1 aliphatic heterocycles. The number of nitro benzene ring substituents is 1. The van der Waals surface area contributed by atoms with Crippen LogP contribution < -0.4 is 5.32 Å². The quantitative estimate of drug-likeness (QED) is 0.439. The summed E-state index contributed by atoms with van der Waals surface area (Å²) in [4.78, 5) is 37.8. The largest absolute Gasteiger partial charge is 0.449 e. The number of benzene rings is 3. The highest BCUT2D eigenvalue weighted by atomic mass is 16.6. The lowest BCUT2D eigenvalue weighted by Gasteiger charge is -2.31. The van der Waals surface area contributed by atoms with E-state index in [1.165, 1.54) is 12.1 Å². The molecule has 178 valence electrons. The van der Waals surface area contributed by atoms with Gasteiger partial charge in [0.15, 0.2) is 0 Å². The van der Waals surface area contributed by atoms with Crippen molar-refractivity contribution < 1.29 is 19.2 Å². The van der Waals surface area contributed by atoms with Gasteiger partial charge in [-0.3, -0.25) is 14.9 Å². The maximum atomic E-state index is 13.0. The third-order valence-electron chi connectivity index (χ3n) is 6.77. The van der Waals surface area contributed by atoms with Crippen LogP contribution >= 0.6 is 0 Å². The van der Waals surface area contributed by atoms with Gasteiger partial charge in [0.1, 0.15) is 12.6 Å². The third-order valence-corrected chi connectivity index (χ3v) is 6.77. The standard InChI is InChI=1S/C27H25N3O5/c1-17(26(31)29-13-12-18-10-11-20(30(33)34)14-19(18)15-29)28-27(32)35-16-25-23-8-4-2-6-21(23)22-7-3-5-9-24(22)25/h2-11,14,17,25H,12-13,15-16H2,1H3,(H,28,32). The zero-order valence-corrected chi connectivity index (χ0v) is 19.3. The Morgan fingerprint density at radius 1 is 1.06 bits per heavy atom. The number of carbonyl (C=O) groups excluding carboxylic acids is 2. The number of amides is 2. The van der Waals surface area contributed by atoms with Gasteiger partial charge in [0.05, 0.1) is 4.92 Å². The highest BCUT2D eigenvalue weighted by molar-refractivity contribution is 5.85. The highest BCUT2D eigenvalue weighted by Gasteiger charge is 2.30. The molecule has 2 amide bonds. The van der Waals surface area contributed by atoms with Crippen molar-refractivity contribution in [3.63, 3.8) is 0 Å². The smallest absolute Gasteiger partial charge is 0.407 e. The van der Waals surface area contributed by atoms with Gasteiger partial charge in [-0.1, -0.05) is 54.6 Å². The molecule has 1 unspecified atom stereocenters. The first kappa shape index (κ1) is 22.6. The van der Waals surface area contributed by atoms with Gasteiger partial charge in [-0.2, -0.15) is 0 Å². The van der Waals surface area contributed by atoms with E-state index < -0.39 is 17.1 Å². The number of ether oxygens (including phenoxy) is 1. The minimum absolute atomic E-state index is 0.00265. The Labute approximate surface area is 202 Å². The van der Waals surface area contributed by atoms with Crippen LogP contribution in [0.3, 0.4) is 0 Å². The topological polar surface area (TPSA) is 102 Å². The first-order chi connectivity index (χ1) is 16.9. The summed E-state index contributed by atoms with van der Waals surface area (Å²) in [6.45, 7) is 2.54. The number of hydrogen-bond donors (Lipinski definition) is 1.